The third-order valence-corrected chi connectivity index (χ3v) is 3.50. The van der Waals surface area contributed by atoms with Gasteiger partial charge in [0.15, 0.2) is 0 Å². The van der Waals surface area contributed by atoms with Crippen molar-refractivity contribution in [2.45, 2.75) is 32.9 Å². The Morgan fingerprint density at radius 1 is 1.57 bits per heavy atom. The number of thiocarbonyl (C=S) groups is 1. The van der Waals surface area contributed by atoms with Gasteiger partial charge in [0.25, 0.3) is 0 Å². The van der Waals surface area contributed by atoms with Gasteiger partial charge in [-0.3, -0.25) is 9.80 Å². The summed E-state index contributed by atoms with van der Waals surface area (Å²) in [5, 5.41) is 0. The highest BCUT2D eigenvalue weighted by atomic mass is 32.1. The second-order valence-electron chi connectivity index (χ2n) is 4.05. The zero-order valence-electron chi connectivity index (χ0n) is 9.36. The molecule has 2 atom stereocenters. The maximum Gasteiger partial charge on any atom is 0.0899 e. The average molecular weight is 215 g/mol. The average Bonchev–Trinajstić information content (AvgIpc) is 2.16. The molecule has 0 radical (unpaired) electrons. The molecule has 0 aliphatic carbocycles. The van der Waals surface area contributed by atoms with Gasteiger partial charge in [0, 0.05) is 25.7 Å². The first kappa shape index (κ1) is 11.9. The molecule has 0 amide bonds. The predicted molar refractivity (Wildman–Crippen MR) is 64.5 cm³/mol. The molecule has 1 aliphatic rings. The molecule has 3 nitrogen and oxygen atoms in total. The van der Waals surface area contributed by atoms with Crippen molar-refractivity contribution in [1.82, 2.24) is 9.80 Å². The fraction of sp³-hybridized carbons (Fsp3) is 0.900. The monoisotopic (exact) mass is 215 g/mol. The fourth-order valence-electron chi connectivity index (χ4n) is 2.02. The minimum atomic E-state index is 0.242. The normalized spacial score (nSPS) is 27.5. The van der Waals surface area contributed by atoms with Crippen LogP contribution in [-0.2, 0) is 0 Å². The van der Waals surface area contributed by atoms with Crippen LogP contribution in [0.2, 0.25) is 0 Å². The van der Waals surface area contributed by atoms with Gasteiger partial charge < -0.3 is 5.73 Å². The Morgan fingerprint density at radius 3 is 2.64 bits per heavy atom. The molecule has 1 aliphatic heterocycles. The van der Waals surface area contributed by atoms with E-state index in [2.05, 4.69) is 30.6 Å². The second-order valence-corrected chi connectivity index (χ2v) is 4.52. The molecule has 4 heteroatoms. The number of likely N-dealkylation sites (N-methyl/N-ethyl adjacent to an activating group) is 1. The molecule has 0 aromatic carbocycles. The van der Waals surface area contributed by atoms with E-state index in [1.54, 1.807) is 0 Å². The molecule has 0 aromatic rings. The zero-order chi connectivity index (χ0) is 10.7. The number of piperazine rings is 1. The quantitative estimate of drug-likeness (QED) is 0.702. The van der Waals surface area contributed by atoms with E-state index >= 15 is 0 Å². The molecule has 82 valence electrons. The van der Waals surface area contributed by atoms with Gasteiger partial charge in [-0.05, 0) is 20.4 Å². The largest absolute Gasteiger partial charge is 0.392 e. The lowest BCUT2D eigenvalue weighted by molar-refractivity contribution is 0.0801. The van der Waals surface area contributed by atoms with Gasteiger partial charge in [-0.2, -0.15) is 0 Å². The Bertz CT molecular complexity index is 208. The van der Waals surface area contributed by atoms with Crippen molar-refractivity contribution in [3.63, 3.8) is 0 Å². The molecule has 1 fully saturated rings. The molecule has 1 rings (SSSR count). The predicted octanol–water partition coefficient (Wildman–Crippen LogP) is 0.687. The van der Waals surface area contributed by atoms with Gasteiger partial charge in [0.1, 0.15) is 0 Å². The van der Waals surface area contributed by atoms with Crippen LogP contribution in [-0.4, -0.2) is 53.1 Å². The Labute approximate surface area is 92.2 Å². The van der Waals surface area contributed by atoms with Crippen LogP contribution in [0.3, 0.4) is 0 Å². The molecule has 0 aromatic heterocycles. The minimum absolute atomic E-state index is 0.242. The molecule has 0 bridgehead atoms. The maximum atomic E-state index is 5.66. The SMILES string of the molecule is CCN1CCN(C(C)C(N)=S)CC1C. The molecule has 0 spiro atoms. The topological polar surface area (TPSA) is 32.5 Å². The lowest BCUT2D eigenvalue weighted by Gasteiger charge is -2.41. The van der Waals surface area contributed by atoms with Crippen molar-refractivity contribution < 1.29 is 0 Å². The van der Waals surface area contributed by atoms with E-state index in [1.807, 2.05) is 0 Å². The van der Waals surface area contributed by atoms with Gasteiger partial charge in [-0.1, -0.05) is 19.1 Å². The first-order chi connectivity index (χ1) is 6.56. The van der Waals surface area contributed by atoms with Gasteiger partial charge >= 0.3 is 0 Å². The van der Waals surface area contributed by atoms with Crippen LogP contribution in [0.25, 0.3) is 0 Å². The Balaban J connectivity index is 2.50. The number of nitrogens with zero attached hydrogens (tertiary/aromatic N) is 2. The number of nitrogens with two attached hydrogens (primary N) is 1. The highest BCUT2D eigenvalue weighted by molar-refractivity contribution is 7.80. The molecular formula is C10H21N3S. The van der Waals surface area contributed by atoms with E-state index < -0.39 is 0 Å². The summed E-state index contributed by atoms with van der Waals surface area (Å²) in [6.45, 7) is 11.0. The highest BCUT2D eigenvalue weighted by Crippen LogP contribution is 2.11. The third kappa shape index (κ3) is 2.65. The van der Waals surface area contributed by atoms with E-state index in [0.29, 0.717) is 11.0 Å². The van der Waals surface area contributed by atoms with Crippen LogP contribution < -0.4 is 5.73 Å². The van der Waals surface area contributed by atoms with Gasteiger partial charge in [0.2, 0.25) is 0 Å². The van der Waals surface area contributed by atoms with E-state index in [-0.39, 0.29) is 6.04 Å². The summed E-state index contributed by atoms with van der Waals surface area (Å²) in [4.78, 5) is 5.48. The summed E-state index contributed by atoms with van der Waals surface area (Å²) >= 11 is 5.02. The van der Waals surface area contributed by atoms with Crippen molar-refractivity contribution in [2.24, 2.45) is 5.73 Å². The summed E-state index contributed by atoms with van der Waals surface area (Å²) < 4.78 is 0. The second kappa shape index (κ2) is 5.05. The maximum absolute atomic E-state index is 5.66. The van der Waals surface area contributed by atoms with Gasteiger partial charge in [-0.15, -0.1) is 0 Å². The van der Waals surface area contributed by atoms with Gasteiger partial charge in [-0.25, -0.2) is 0 Å². The summed E-state index contributed by atoms with van der Waals surface area (Å²) in [5.41, 5.74) is 5.66. The van der Waals surface area contributed by atoms with Crippen molar-refractivity contribution >= 4 is 17.2 Å². The zero-order valence-corrected chi connectivity index (χ0v) is 10.2. The number of rotatable bonds is 3. The van der Waals surface area contributed by atoms with Crippen LogP contribution in [0.5, 0.6) is 0 Å². The summed E-state index contributed by atoms with van der Waals surface area (Å²) in [7, 11) is 0. The lowest BCUT2D eigenvalue weighted by Crippen LogP contribution is -2.56. The van der Waals surface area contributed by atoms with Crippen LogP contribution in [0, 0.1) is 0 Å². The van der Waals surface area contributed by atoms with E-state index in [4.69, 9.17) is 18.0 Å². The summed E-state index contributed by atoms with van der Waals surface area (Å²) in [6, 6.07) is 0.858. The number of hydrogen-bond acceptors (Lipinski definition) is 3. The lowest BCUT2D eigenvalue weighted by atomic mass is 10.1. The molecule has 2 unspecified atom stereocenters. The van der Waals surface area contributed by atoms with Crippen LogP contribution in [0.4, 0.5) is 0 Å². The summed E-state index contributed by atoms with van der Waals surface area (Å²) in [5.74, 6) is 0. The Morgan fingerprint density at radius 2 is 2.21 bits per heavy atom. The number of hydrogen-bond donors (Lipinski definition) is 1. The van der Waals surface area contributed by atoms with Crippen LogP contribution in [0.15, 0.2) is 0 Å². The van der Waals surface area contributed by atoms with Gasteiger partial charge in [0.05, 0.1) is 11.0 Å². The van der Waals surface area contributed by atoms with Crippen molar-refractivity contribution in [2.75, 3.05) is 26.2 Å². The first-order valence-corrected chi connectivity index (χ1v) is 5.74. The standard InChI is InChI=1S/C10H21N3S/c1-4-12-5-6-13(7-8(12)2)9(3)10(11)14/h8-9H,4-7H2,1-3H3,(H2,11,14). The molecule has 1 saturated heterocycles. The van der Waals surface area contributed by atoms with E-state index in [1.165, 1.54) is 0 Å². The molecule has 14 heavy (non-hydrogen) atoms. The first-order valence-electron chi connectivity index (χ1n) is 5.33. The van der Waals surface area contributed by atoms with Crippen LogP contribution in [0.1, 0.15) is 20.8 Å². The smallest absolute Gasteiger partial charge is 0.0899 e. The van der Waals surface area contributed by atoms with Crippen molar-refractivity contribution in [3.05, 3.63) is 0 Å². The van der Waals surface area contributed by atoms with Crippen LogP contribution >= 0.6 is 12.2 Å². The summed E-state index contributed by atoms with van der Waals surface area (Å²) in [6.07, 6.45) is 0. The molecule has 0 saturated carbocycles. The fourth-order valence-corrected chi connectivity index (χ4v) is 2.17. The highest BCUT2D eigenvalue weighted by Gasteiger charge is 2.26. The third-order valence-electron chi connectivity index (χ3n) is 3.16. The molecule has 2 N–H and O–H groups in total. The molecule has 1 heterocycles. The van der Waals surface area contributed by atoms with E-state index in [0.717, 1.165) is 26.2 Å². The van der Waals surface area contributed by atoms with Crippen molar-refractivity contribution in [3.8, 4) is 0 Å². The Kier molecular flexibility index (Phi) is 4.29. The van der Waals surface area contributed by atoms with E-state index in [9.17, 15) is 0 Å². The molecular weight excluding hydrogens is 194 g/mol. The minimum Gasteiger partial charge on any atom is -0.392 e. The Hall–Kier alpha value is -0.190. The van der Waals surface area contributed by atoms with Crippen molar-refractivity contribution in [1.29, 1.82) is 0 Å².